The third-order valence-electron chi connectivity index (χ3n) is 6.13. The molecular weight excluding hydrogens is 486 g/mol. The highest BCUT2D eigenvalue weighted by Gasteiger charge is 2.38. The van der Waals surface area contributed by atoms with E-state index in [1.807, 2.05) is 48.5 Å². The monoisotopic (exact) mass is 513 g/mol. The van der Waals surface area contributed by atoms with Gasteiger partial charge in [-0.05, 0) is 54.3 Å². The number of halogens is 1. The van der Waals surface area contributed by atoms with Crippen molar-refractivity contribution in [3.8, 4) is 0 Å². The predicted octanol–water partition coefficient (Wildman–Crippen LogP) is 3.28. The van der Waals surface area contributed by atoms with Crippen molar-refractivity contribution in [3.05, 3.63) is 86.6 Å². The molecule has 35 heavy (non-hydrogen) atoms. The first-order chi connectivity index (χ1) is 16.8. The van der Waals surface area contributed by atoms with Gasteiger partial charge in [0, 0.05) is 33.4 Å². The number of nitrogens with one attached hydrogen (secondary N) is 1. The quantitative estimate of drug-likeness (QED) is 0.345. The van der Waals surface area contributed by atoms with E-state index in [1.165, 1.54) is 16.2 Å². The van der Waals surface area contributed by atoms with E-state index in [0.717, 1.165) is 33.7 Å². The van der Waals surface area contributed by atoms with E-state index in [9.17, 15) is 19.8 Å². The van der Waals surface area contributed by atoms with E-state index in [-0.39, 0.29) is 12.6 Å². The van der Waals surface area contributed by atoms with Gasteiger partial charge in [0.15, 0.2) is 12.2 Å². The lowest BCUT2D eigenvalue weighted by Crippen LogP contribution is -2.50. The molecule has 1 aromatic heterocycles. The highest BCUT2D eigenvalue weighted by atomic mass is 35.5. The molecule has 4 rings (SSSR count). The van der Waals surface area contributed by atoms with E-state index in [0.29, 0.717) is 23.7 Å². The third-order valence-corrected chi connectivity index (χ3v) is 7.58. The number of nitrogen functional groups attached to an aromatic ring is 1. The van der Waals surface area contributed by atoms with Gasteiger partial charge in [-0.2, -0.15) is 0 Å². The molecule has 0 saturated carbocycles. The number of carbonyl (C=O) groups is 2. The van der Waals surface area contributed by atoms with Crippen LogP contribution >= 0.6 is 22.9 Å². The van der Waals surface area contributed by atoms with Crippen LogP contribution in [0, 0.1) is 0 Å². The maximum atomic E-state index is 12.9. The largest absolute Gasteiger partial charge is 0.399 e. The molecule has 9 heteroatoms. The summed E-state index contributed by atoms with van der Waals surface area (Å²) in [5.41, 5.74) is 8.34. The fourth-order valence-corrected chi connectivity index (χ4v) is 5.50. The highest BCUT2D eigenvalue weighted by molar-refractivity contribution is 7.12. The van der Waals surface area contributed by atoms with Gasteiger partial charge in [-0.1, -0.05) is 41.9 Å². The van der Waals surface area contributed by atoms with Crippen LogP contribution in [0.3, 0.4) is 0 Å². The summed E-state index contributed by atoms with van der Waals surface area (Å²) >= 11 is 7.75. The number of aliphatic hydroxyl groups excluding tert-OH is 2. The number of carbonyl (C=O) groups excluding carboxylic acids is 2. The van der Waals surface area contributed by atoms with Gasteiger partial charge in [0.2, 0.25) is 0 Å². The lowest BCUT2D eigenvalue weighted by Gasteiger charge is -2.28. The summed E-state index contributed by atoms with van der Waals surface area (Å²) in [4.78, 5) is 28.9. The molecule has 1 fully saturated rings. The molecule has 0 radical (unpaired) electrons. The van der Waals surface area contributed by atoms with Crippen LogP contribution < -0.4 is 11.1 Å². The minimum Gasteiger partial charge on any atom is -0.399 e. The van der Waals surface area contributed by atoms with Gasteiger partial charge in [0.05, 0.1) is 12.6 Å². The number of nitrogens with zero attached hydrogens (tertiary/aromatic N) is 1. The Morgan fingerprint density at radius 1 is 1.09 bits per heavy atom. The molecular formula is C26H28ClN3O4S. The maximum Gasteiger partial charge on any atom is 0.255 e. The molecule has 3 aromatic rings. The number of hydrogen-bond donors (Lipinski definition) is 4. The van der Waals surface area contributed by atoms with Crippen molar-refractivity contribution >= 4 is 40.4 Å². The van der Waals surface area contributed by atoms with Gasteiger partial charge in [-0.3, -0.25) is 9.59 Å². The lowest BCUT2D eigenvalue weighted by atomic mass is 10.0. The second kappa shape index (κ2) is 11.2. The van der Waals surface area contributed by atoms with Gasteiger partial charge < -0.3 is 26.2 Å². The Hall–Kier alpha value is -2.91. The zero-order valence-electron chi connectivity index (χ0n) is 19.1. The van der Waals surface area contributed by atoms with Crippen LogP contribution in [0.15, 0.2) is 60.7 Å². The number of likely N-dealkylation sites (tertiary alicyclic amines) is 1. The Kier molecular flexibility index (Phi) is 8.07. The van der Waals surface area contributed by atoms with E-state index in [2.05, 4.69) is 5.32 Å². The molecule has 184 valence electrons. The molecule has 1 aliphatic rings. The summed E-state index contributed by atoms with van der Waals surface area (Å²) < 4.78 is 0. The number of benzene rings is 2. The maximum absolute atomic E-state index is 12.9. The van der Waals surface area contributed by atoms with Crippen LogP contribution in [0.5, 0.6) is 0 Å². The second-order valence-corrected chi connectivity index (χ2v) is 10.3. The minimum absolute atomic E-state index is 0.180. The Morgan fingerprint density at radius 3 is 2.63 bits per heavy atom. The lowest BCUT2D eigenvalue weighted by molar-refractivity contribution is -0.153. The number of hydrogen-bond acceptors (Lipinski definition) is 6. The second-order valence-electron chi connectivity index (χ2n) is 8.60. The molecule has 1 aliphatic heterocycles. The van der Waals surface area contributed by atoms with Crippen molar-refractivity contribution in [1.29, 1.82) is 0 Å². The topological polar surface area (TPSA) is 116 Å². The zero-order valence-corrected chi connectivity index (χ0v) is 20.6. The standard InChI is InChI=1S/C26H28ClN3O4S/c27-21-8-2-1-5-16(21)14-19-10-11-20(35-19)15-29-25(33)23(31)24(32)26(34)30-12-4-9-22(30)17-6-3-7-18(28)13-17/h1-3,5-8,10-11,13,22-24,31-32H,4,9,12,14-15,28H2,(H,29,33)/t22?,23-,24-/m1/s1. The van der Waals surface area contributed by atoms with Crippen LogP contribution in [0.4, 0.5) is 5.69 Å². The molecule has 0 spiro atoms. The van der Waals surface area contributed by atoms with Crippen LogP contribution in [0.1, 0.15) is 39.8 Å². The van der Waals surface area contributed by atoms with E-state index in [1.54, 1.807) is 12.1 Å². The number of amides is 2. The molecule has 5 N–H and O–H groups in total. The third kappa shape index (κ3) is 6.02. The number of thiophene rings is 1. The normalized spacial score (nSPS) is 17.2. The first-order valence-electron chi connectivity index (χ1n) is 11.4. The molecule has 0 aliphatic carbocycles. The molecule has 3 atom stereocenters. The van der Waals surface area contributed by atoms with Gasteiger partial charge in [-0.25, -0.2) is 0 Å². The average molecular weight is 514 g/mol. The Bertz CT molecular complexity index is 1200. The van der Waals surface area contributed by atoms with Crippen LogP contribution in [0.25, 0.3) is 0 Å². The van der Waals surface area contributed by atoms with Crippen LogP contribution in [-0.2, 0) is 22.6 Å². The van der Waals surface area contributed by atoms with E-state index < -0.39 is 24.0 Å². The van der Waals surface area contributed by atoms with Gasteiger partial charge in [0.25, 0.3) is 11.8 Å². The van der Waals surface area contributed by atoms with Crippen molar-refractivity contribution in [2.45, 2.75) is 44.1 Å². The Balaban J connectivity index is 1.32. The van der Waals surface area contributed by atoms with Crippen molar-refractivity contribution in [2.75, 3.05) is 12.3 Å². The van der Waals surface area contributed by atoms with Gasteiger partial charge in [-0.15, -0.1) is 11.3 Å². The summed E-state index contributed by atoms with van der Waals surface area (Å²) in [7, 11) is 0. The summed E-state index contributed by atoms with van der Waals surface area (Å²) in [5, 5.41) is 24.2. The summed E-state index contributed by atoms with van der Waals surface area (Å²) in [5.74, 6) is -1.47. The van der Waals surface area contributed by atoms with E-state index in [4.69, 9.17) is 17.3 Å². The van der Waals surface area contributed by atoms with Gasteiger partial charge in [0.1, 0.15) is 0 Å². The fourth-order valence-electron chi connectivity index (χ4n) is 4.31. The summed E-state index contributed by atoms with van der Waals surface area (Å²) in [6.45, 7) is 0.618. The fraction of sp³-hybridized carbons (Fsp3) is 0.308. The minimum atomic E-state index is -1.87. The van der Waals surface area contributed by atoms with Crippen molar-refractivity contribution in [1.82, 2.24) is 10.2 Å². The van der Waals surface area contributed by atoms with Crippen molar-refractivity contribution in [2.24, 2.45) is 0 Å². The average Bonchev–Trinajstić information content (AvgIpc) is 3.52. The number of aliphatic hydroxyl groups is 2. The molecule has 2 heterocycles. The molecule has 0 bridgehead atoms. The zero-order chi connectivity index (χ0) is 24.9. The van der Waals surface area contributed by atoms with Crippen molar-refractivity contribution in [3.63, 3.8) is 0 Å². The smallest absolute Gasteiger partial charge is 0.255 e. The SMILES string of the molecule is Nc1cccc(C2CCCN2C(=O)[C@H](O)[C@@H](O)C(=O)NCc2ccc(Cc3ccccc3Cl)s2)c1. The summed E-state index contributed by atoms with van der Waals surface area (Å²) in [6.07, 6.45) is -1.56. The summed E-state index contributed by atoms with van der Waals surface area (Å²) in [6, 6.07) is 18.5. The van der Waals surface area contributed by atoms with E-state index >= 15 is 0 Å². The number of nitrogens with two attached hydrogens (primary N) is 1. The van der Waals surface area contributed by atoms with Crippen LogP contribution in [-0.4, -0.2) is 45.7 Å². The van der Waals surface area contributed by atoms with Crippen molar-refractivity contribution < 1.29 is 19.8 Å². The number of anilines is 1. The van der Waals surface area contributed by atoms with Gasteiger partial charge >= 0.3 is 0 Å². The molecule has 2 amide bonds. The molecule has 1 saturated heterocycles. The Morgan fingerprint density at radius 2 is 1.86 bits per heavy atom. The molecule has 1 unspecified atom stereocenters. The molecule has 7 nitrogen and oxygen atoms in total. The Labute approximate surface area is 213 Å². The highest BCUT2D eigenvalue weighted by Crippen LogP contribution is 2.33. The number of rotatable bonds is 8. The first kappa shape index (κ1) is 25.2. The first-order valence-corrected chi connectivity index (χ1v) is 12.6. The van der Waals surface area contributed by atoms with Crippen LogP contribution in [0.2, 0.25) is 5.02 Å². The predicted molar refractivity (Wildman–Crippen MR) is 137 cm³/mol. The molecule has 2 aromatic carbocycles.